The molecule has 0 saturated heterocycles. The number of rotatable bonds is 3. The molecule has 26 heavy (non-hydrogen) atoms. The fourth-order valence-electron chi connectivity index (χ4n) is 2.98. The Labute approximate surface area is 158 Å². The van der Waals surface area contributed by atoms with Gasteiger partial charge in [-0.25, -0.2) is 0 Å². The quantitative estimate of drug-likeness (QED) is 0.522. The van der Waals surface area contributed by atoms with E-state index in [9.17, 15) is 0 Å². The Morgan fingerprint density at radius 1 is 0.769 bits per heavy atom. The van der Waals surface area contributed by atoms with Crippen molar-refractivity contribution >= 4 is 29.0 Å². The van der Waals surface area contributed by atoms with E-state index in [1.807, 2.05) is 31.1 Å². The predicted molar refractivity (Wildman–Crippen MR) is 110 cm³/mol. The topological polar surface area (TPSA) is 41.9 Å². The maximum Gasteiger partial charge on any atom is 0.151 e. The molecule has 2 heterocycles. The lowest BCUT2D eigenvalue weighted by atomic mass is 9.96. The van der Waals surface area contributed by atoms with Crippen LogP contribution in [0.5, 0.6) is 0 Å². The molecule has 0 unspecified atom stereocenters. The Morgan fingerprint density at radius 3 is 2.27 bits per heavy atom. The summed E-state index contributed by atoms with van der Waals surface area (Å²) in [6, 6.07) is 20.7. The molecule has 0 N–H and O–H groups in total. The van der Waals surface area contributed by atoms with E-state index in [2.05, 4.69) is 63.7 Å². The van der Waals surface area contributed by atoms with Crippen LogP contribution in [-0.4, -0.2) is 29.3 Å². The van der Waals surface area contributed by atoms with Gasteiger partial charge >= 0.3 is 0 Å². The number of benzene rings is 2. The lowest BCUT2D eigenvalue weighted by Crippen LogP contribution is -2.12. The first kappa shape index (κ1) is 17.8. The summed E-state index contributed by atoms with van der Waals surface area (Å²) >= 11 is 0. The summed E-state index contributed by atoms with van der Waals surface area (Å²) in [6.07, 6.45) is 3.61. The summed E-state index contributed by atoms with van der Waals surface area (Å²) < 4.78 is 0. The van der Waals surface area contributed by atoms with E-state index in [0.29, 0.717) is 0 Å². The van der Waals surface area contributed by atoms with Crippen LogP contribution in [0.1, 0.15) is 0 Å². The van der Waals surface area contributed by atoms with Crippen molar-refractivity contribution in [1.82, 2.24) is 15.2 Å². The van der Waals surface area contributed by atoms with Gasteiger partial charge in [-0.1, -0.05) is 42.5 Å². The molecule has 0 aliphatic heterocycles. The van der Waals surface area contributed by atoms with Gasteiger partial charge in [-0.05, 0) is 34.5 Å². The average Bonchev–Trinajstić information content (AvgIpc) is 2.68. The first-order valence-corrected chi connectivity index (χ1v) is 8.17. The molecule has 0 atom stereocenters. The van der Waals surface area contributed by atoms with Crippen molar-refractivity contribution in [3.63, 3.8) is 0 Å². The third-order valence-electron chi connectivity index (χ3n) is 4.28. The molecule has 0 aliphatic rings. The minimum Gasteiger partial charge on any atom is -0.361 e. The molecule has 4 nitrogen and oxygen atoms in total. The molecular formula is C21H19ClN4. The normalized spacial score (nSPS) is 10.4. The van der Waals surface area contributed by atoms with E-state index in [0.717, 1.165) is 28.2 Å². The van der Waals surface area contributed by atoms with Gasteiger partial charge in [0.05, 0.1) is 0 Å². The minimum absolute atomic E-state index is 0. The molecule has 0 amide bonds. The smallest absolute Gasteiger partial charge is 0.151 e. The van der Waals surface area contributed by atoms with E-state index in [1.165, 1.54) is 10.8 Å². The fraction of sp³-hybridized carbons (Fsp3) is 0.0952. The van der Waals surface area contributed by atoms with Gasteiger partial charge in [-0.3, -0.25) is 4.98 Å². The maximum absolute atomic E-state index is 4.58. The van der Waals surface area contributed by atoms with E-state index >= 15 is 0 Å². The van der Waals surface area contributed by atoms with Gasteiger partial charge < -0.3 is 4.90 Å². The van der Waals surface area contributed by atoms with Crippen molar-refractivity contribution < 1.29 is 0 Å². The molecule has 0 spiro atoms. The van der Waals surface area contributed by atoms with Crippen LogP contribution in [0.3, 0.4) is 0 Å². The number of pyridine rings is 1. The lowest BCUT2D eigenvalue weighted by molar-refractivity contribution is 0.971. The molecule has 5 heteroatoms. The highest BCUT2D eigenvalue weighted by atomic mass is 35.5. The van der Waals surface area contributed by atoms with Gasteiger partial charge in [0.25, 0.3) is 0 Å². The van der Waals surface area contributed by atoms with E-state index in [-0.39, 0.29) is 12.4 Å². The Kier molecular flexibility index (Phi) is 5.14. The highest BCUT2D eigenvalue weighted by Crippen LogP contribution is 2.35. The van der Waals surface area contributed by atoms with Crippen molar-refractivity contribution in [3.05, 3.63) is 73.1 Å². The highest BCUT2D eigenvalue weighted by Gasteiger charge is 2.14. The monoisotopic (exact) mass is 362 g/mol. The molecule has 0 radical (unpaired) electrons. The van der Waals surface area contributed by atoms with E-state index < -0.39 is 0 Å². The largest absolute Gasteiger partial charge is 0.361 e. The zero-order chi connectivity index (χ0) is 17.2. The van der Waals surface area contributed by atoms with Crippen molar-refractivity contribution in [2.75, 3.05) is 19.0 Å². The summed E-state index contributed by atoms with van der Waals surface area (Å²) in [5, 5.41) is 11.4. The second-order valence-corrected chi connectivity index (χ2v) is 6.12. The third kappa shape index (κ3) is 3.24. The lowest BCUT2D eigenvalue weighted by Gasteiger charge is -2.15. The standard InChI is InChI=1S/C21H18N4.ClH/c1-25(2)20-14-19(16-10-12-22-13-11-16)21(24-23-20)18-9-5-7-15-6-3-4-8-17(15)18;/h3-14H,1-2H3;1H. The number of hydrogen-bond acceptors (Lipinski definition) is 4. The zero-order valence-corrected chi connectivity index (χ0v) is 15.4. The summed E-state index contributed by atoms with van der Waals surface area (Å²) in [4.78, 5) is 6.10. The number of fused-ring (bicyclic) bond motifs is 1. The highest BCUT2D eigenvalue weighted by molar-refractivity contribution is 5.99. The van der Waals surface area contributed by atoms with Gasteiger partial charge in [-0.15, -0.1) is 22.6 Å². The molecule has 0 aliphatic carbocycles. The molecule has 130 valence electrons. The molecule has 4 aromatic rings. The van der Waals surface area contributed by atoms with Crippen LogP contribution >= 0.6 is 12.4 Å². The first-order chi connectivity index (χ1) is 12.2. The Morgan fingerprint density at radius 2 is 1.50 bits per heavy atom. The van der Waals surface area contributed by atoms with Crippen LogP contribution in [-0.2, 0) is 0 Å². The molecule has 0 saturated carbocycles. The molecule has 0 fully saturated rings. The summed E-state index contributed by atoms with van der Waals surface area (Å²) in [5.41, 5.74) is 4.10. The summed E-state index contributed by atoms with van der Waals surface area (Å²) in [5.74, 6) is 0.829. The molecular weight excluding hydrogens is 344 g/mol. The second-order valence-electron chi connectivity index (χ2n) is 6.12. The Hall–Kier alpha value is -2.98. The van der Waals surface area contributed by atoms with E-state index in [1.54, 1.807) is 12.4 Å². The third-order valence-corrected chi connectivity index (χ3v) is 4.28. The summed E-state index contributed by atoms with van der Waals surface area (Å²) in [6.45, 7) is 0. The minimum atomic E-state index is 0. The van der Waals surface area contributed by atoms with Crippen LogP contribution in [0, 0.1) is 0 Å². The first-order valence-electron chi connectivity index (χ1n) is 8.17. The molecule has 0 bridgehead atoms. The van der Waals surface area contributed by atoms with Crippen LogP contribution in [0.2, 0.25) is 0 Å². The van der Waals surface area contributed by atoms with Gasteiger partial charge in [-0.2, -0.15) is 0 Å². The Bertz CT molecular complexity index is 1030. The number of anilines is 1. The molecule has 2 aromatic carbocycles. The predicted octanol–water partition coefficient (Wildman–Crippen LogP) is 4.85. The number of nitrogens with zero attached hydrogens (tertiary/aromatic N) is 4. The van der Waals surface area contributed by atoms with Crippen molar-refractivity contribution in [3.8, 4) is 22.4 Å². The second kappa shape index (κ2) is 7.50. The van der Waals surface area contributed by atoms with Gasteiger partial charge in [0, 0.05) is 37.6 Å². The van der Waals surface area contributed by atoms with Gasteiger partial charge in [0.1, 0.15) is 5.69 Å². The van der Waals surface area contributed by atoms with E-state index in [4.69, 9.17) is 0 Å². The van der Waals surface area contributed by atoms with Crippen LogP contribution in [0.25, 0.3) is 33.2 Å². The van der Waals surface area contributed by atoms with Gasteiger partial charge in [0.15, 0.2) is 5.82 Å². The van der Waals surface area contributed by atoms with Crippen LogP contribution in [0.15, 0.2) is 73.1 Å². The SMILES string of the molecule is CN(C)c1cc(-c2ccncc2)c(-c2cccc3ccccc23)nn1.Cl. The van der Waals surface area contributed by atoms with Crippen molar-refractivity contribution in [2.24, 2.45) is 0 Å². The number of aromatic nitrogens is 3. The molecule has 2 aromatic heterocycles. The zero-order valence-electron chi connectivity index (χ0n) is 14.6. The number of halogens is 1. The van der Waals surface area contributed by atoms with Crippen molar-refractivity contribution in [2.45, 2.75) is 0 Å². The maximum atomic E-state index is 4.58. The van der Waals surface area contributed by atoms with Crippen molar-refractivity contribution in [1.29, 1.82) is 0 Å². The Balaban J connectivity index is 0.00000196. The summed E-state index contributed by atoms with van der Waals surface area (Å²) in [7, 11) is 3.94. The fourth-order valence-corrected chi connectivity index (χ4v) is 2.98. The van der Waals surface area contributed by atoms with Crippen LogP contribution < -0.4 is 4.90 Å². The average molecular weight is 363 g/mol. The molecule has 4 rings (SSSR count). The van der Waals surface area contributed by atoms with Crippen LogP contribution in [0.4, 0.5) is 5.82 Å². The number of hydrogen-bond donors (Lipinski definition) is 0. The van der Waals surface area contributed by atoms with Gasteiger partial charge in [0.2, 0.25) is 0 Å².